The predicted octanol–water partition coefficient (Wildman–Crippen LogP) is 3.11. The average molecular weight is 451 g/mol. The SMILES string of the molecule is O=C(Nc1nc2c(s1)CN(S(=O)(=O)c1ccccc1[N+](=O)[O-])CC2)c1cccs1. The summed E-state index contributed by atoms with van der Waals surface area (Å²) in [6, 6.07) is 8.78. The van der Waals surface area contributed by atoms with Crippen molar-refractivity contribution in [2.45, 2.75) is 17.9 Å². The Labute approximate surface area is 173 Å². The number of carbonyl (C=O) groups is 1. The van der Waals surface area contributed by atoms with Crippen LogP contribution in [0.2, 0.25) is 0 Å². The normalized spacial score (nSPS) is 14.3. The van der Waals surface area contributed by atoms with Crippen molar-refractivity contribution in [2.24, 2.45) is 0 Å². The fourth-order valence-corrected chi connectivity index (χ4v) is 6.25. The first kappa shape index (κ1) is 19.6. The highest BCUT2D eigenvalue weighted by Crippen LogP contribution is 2.33. The van der Waals surface area contributed by atoms with E-state index >= 15 is 0 Å². The molecule has 0 bridgehead atoms. The Morgan fingerprint density at radius 3 is 2.76 bits per heavy atom. The number of nitro benzene ring substituents is 1. The van der Waals surface area contributed by atoms with Gasteiger partial charge in [0.25, 0.3) is 11.6 Å². The number of fused-ring (bicyclic) bond motifs is 1. The molecule has 2 aromatic heterocycles. The molecule has 0 fully saturated rings. The van der Waals surface area contributed by atoms with E-state index in [-0.39, 0.29) is 23.9 Å². The maximum absolute atomic E-state index is 13.0. The molecule has 29 heavy (non-hydrogen) atoms. The number of anilines is 1. The molecule has 0 saturated carbocycles. The number of rotatable bonds is 5. The highest BCUT2D eigenvalue weighted by Gasteiger charge is 2.34. The van der Waals surface area contributed by atoms with Crippen molar-refractivity contribution < 1.29 is 18.1 Å². The van der Waals surface area contributed by atoms with Crippen molar-refractivity contribution in [3.8, 4) is 0 Å². The van der Waals surface area contributed by atoms with Gasteiger partial charge in [0.1, 0.15) is 0 Å². The topological polar surface area (TPSA) is 123 Å². The van der Waals surface area contributed by atoms with Gasteiger partial charge >= 0.3 is 0 Å². The molecule has 0 spiro atoms. The number of sulfonamides is 1. The Morgan fingerprint density at radius 2 is 2.03 bits per heavy atom. The minimum absolute atomic E-state index is 0.0518. The van der Waals surface area contributed by atoms with Crippen LogP contribution in [0.5, 0.6) is 0 Å². The molecule has 0 aliphatic carbocycles. The van der Waals surface area contributed by atoms with E-state index in [0.29, 0.717) is 21.3 Å². The van der Waals surface area contributed by atoms with Crippen molar-refractivity contribution in [3.05, 3.63) is 67.3 Å². The van der Waals surface area contributed by atoms with E-state index in [4.69, 9.17) is 0 Å². The molecule has 3 aromatic rings. The van der Waals surface area contributed by atoms with E-state index in [1.807, 2.05) is 0 Å². The molecule has 12 heteroatoms. The second-order valence-electron chi connectivity index (χ2n) is 6.13. The zero-order valence-corrected chi connectivity index (χ0v) is 17.2. The van der Waals surface area contributed by atoms with Gasteiger partial charge in [-0.1, -0.05) is 18.2 Å². The van der Waals surface area contributed by atoms with Crippen LogP contribution < -0.4 is 5.32 Å². The number of thiophene rings is 1. The van der Waals surface area contributed by atoms with Crippen LogP contribution in [0.4, 0.5) is 10.8 Å². The van der Waals surface area contributed by atoms with Crippen molar-refractivity contribution in [2.75, 3.05) is 11.9 Å². The Morgan fingerprint density at radius 1 is 1.24 bits per heavy atom. The molecule has 0 atom stereocenters. The van der Waals surface area contributed by atoms with Gasteiger partial charge in [0.2, 0.25) is 10.0 Å². The molecule has 1 aromatic carbocycles. The summed E-state index contributed by atoms with van der Waals surface area (Å²) in [6.45, 7) is 0.208. The molecular weight excluding hydrogens is 436 g/mol. The number of nitro groups is 1. The largest absolute Gasteiger partial charge is 0.297 e. The molecule has 9 nitrogen and oxygen atoms in total. The Kier molecular flexibility index (Phi) is 5.17. The van der Waals surface area contributed by atoms with E-state index in [9.17, 15) is 23.3 Å². The maximum atomic E-state index is 13.0. The maximum Gasteiger partial charge on any atom is 0.289 e. The van der Waals surface area contributed by atoms with Crippen LogP contribution in [0, 0.1) is 10.1 Å². The van der Waals surface area contributed by atoms with Crippen LogP contribution in [0.3, 0.4) is 0 Å². The van der Waals surface area contributed by atoms with Crippen molar-refractivity contribution in [1.29, 1.82) is 0 Å². The number of amides is 1. The van der Waals surface area contributed by atoms with E-state index in [0.717, 1.165) is 5.69 Å². The molecule has 0 unspecified atom stereocenters. The summed E-state index contributed by atoms with van der Waals surface area (Å²) in [6.07, 6.45) is 0.362. The minimum Gasteiger partial charge on any atom is -0.297 e. The van der Waals surface area contributed by atoms with Gasteiger partial charge < -0.3 is 0 Å². The lowest BCUT2D eigenvalue weighted by molar-refractivity contribution is -0.387. The molecule has 4 rings (SSSR count). The molecule has 1 N–H and O–H groups in total. The number of nitrogens with one attached hydrogen (secondary N) is 1. The number of carbonyl (C=O) groups excluding carboxylic acids is 1. The molecule has 1 amide bonds. The molecule has 0 radical (unpaired) electrons. The fraction of sp³-hybridized carbons (Fsp3) is 0.176. The first-order valence-electron chi connectivity index (χ1n) is 8.43. The lowest BCUT2D eigenvalue weighted by atomic mass is 10.2. The summed E-state index contributed by atoms with van der Waals surface area (Å²) in [4.78, 5) is 28.1. The van der Waals surface area contributed by atoms with Gasteiger partial charge in [-0.25, -0.2) is 13.4 Å². The summed E-state index contributed by atoms with van der Waals surface area (Å²) in [5.41, 5.74) is 0.275. The van der Waals surface area contributed by atoms with Gasteiger partial charge in [-0.2, -0.15) is 4.31 Å². The summed E-state index contributed by atoms with van der Waals surface area (Å²) < 4.78 is 27.2. The number of benzene rings is 1. The monoisotopic (exact) mass is 450 g/mol. The van der Waals surface area contributed by atoms with Crippen LogP contribution in [0.25, 0.3) is 0 Å². The van der Waals surface area contributed by atoms with Crippen molar-refractivity contribution in [1.82, 2.24) is 9.29 Å². The number of nitrogens with zero attached hydrogens (tertiary/aromatic N) is 3. The smallest absolute Gasteiger partial charge is 0.289 e. The Balaban J connectivity index is 1.57. The lowest BCUT2D eigenvalue weighted by Crippen LogP contribution is -2.35. The lowest BCUT2D eigenvalue weighted by Gasteiger charge is -2.25. The number of aromatic nitrogens is 1. The third-order valence-corrected chi connectivity index (χ3v) is 8.10. The van der Waals surface area contributed by atoms with E-state index < -0.39 is 20.6 Å². The summed E-state index contributed by atoms with van der Waals surface area (Å²) in [5, 5.41) is 16.2. The molecule has 150 valence electrons. The zero-order valence-electron chi connectivity index (χ0n) is 14.8. The molecule has 3 heterocycles. The van der Waals surface area contributed by atoms with Gasteiger partial charge in [0, 0.05) is 23.9 Å². The van der Waals surface area contributed by atoms with Crippen LogP contribution in [-0.4, -0.2) is 35.1 Å². The van der Waals surface area contributed by atoms with Crippen LogP contribution in [-0.2, 0) is 23.0 Å². The number of thiazole rings is 1. The van der Waals surface area contributed by atoms with E-state index in [2.05, 4.69) is 10.3 Å². The van der Waals surface area contributed by atoms with E-state index in [1.165, 1.54) is 51.2 Å². The van der Waals surface area contributed by atoms with Gasteiger partial charge in [-0.15, -0.1) is 22.7 Å². The fourth-order valence-electron chi connectivity index (χ4n) is 2.96. The summed E-state index contributed by atoms with van der Waals surface area (Å²) >= 11 is 2.52. The van der Waals surface area contributed by atoms with E-state index in [1.54, 1.807) is 17.5 Å². The molecular formula is C17H14N4O5S3. The summed E-state index contributed by atoms with van der Waals surface area (Å²) in [7, 11) is -4.04. The third kappa shape index (κ3) is 3.79. The first-order valence-corrected chi connectivity index (χ1v) is 11.6. The van der Waals surface area contributed by atoms with Gasteiger partial charge in [-0.3, -0.25) is 20.2 Å². The summed E-state index contributed by atoms with van der Waals surface area (Å²) in [5.74, 6) is -0.268. The highest BCUT2D eigenvalue weighted by molar-refractivity contribution is 7.89. The van der Waals surface area contributed by atoms with Crippen molar-refractivity contribution >= 4 is 49.4 Å². The molecule has 0 saturated heterocycles. The highest BCUT2D eigenvalue weighted by atomic mass is 32.2. The van der Waals surface area contributed by atoms with Crippen LogP contribution in [0.15, 0.2) is 46.7 Å². The van der Waals surface area contributed by atoms with Gasteiger partial charge in [0.05, 0.1) is 22.0 Å². The van der Waals surface area contributed by atoms with Gasteiger partial charge in [-0.05, 0) is 17.5 Å². The number of para-hydroxylation sites is 1. The zero-order chi connectivity index (χ0) is 20.6. The quantitative estimate of drug-likeness (QED) is 0.471. The number of hydrogen-bond acceptors (Lipinski definition) is 8. The van der Waals surface area contributed by atoms with Crippen molar-refractivity contribution in [3.63, 3.8) is 0 Å². The first-order chi connectivity index (χ1) is 13.9. The minimum atomic E-state index is -4.04. The second-order valence-corrected chi connectivity index (χ2v) is 10.1. The predicted molar refractivity (Wildman–Crippen MR) is 109 cm³/mol. The second kappa shape index (κ2) is 7.63. The molecule has 1 aliphatic rings. The average Bonchev–Trinajstić information content (AvgIpc) is 3.36. The Hall–Kier alpha value is -2.67. The van der Waals surface area contributed by atoms with Gasteiger partial charge in [0.15, 0.2) is 10.0 Å². The van der Waals surface area contributed by atoms with Crippen LogP contribution >= 0.6 is 22.7 Å². The Bertz CT molecular complexity index is 1190. The molecule has 1 aliphatic heterocycles. The van der Waals surface area contributed by atoms with Crippen LogP contribution in [0.1, 0.15) is 20.2 Å². The standard InChI is InChI=1S/C17H14N4O5S3/c22-16(13-5-3-9-27-13)19-17-18-11-7-8-20(10-14(11)28-17)29(25,26)15-6-2-1-4-12(15)21(23)24/h1-6,9H,7-8,10H2,(H,18,19,22). The number of hydrogen-bond donors (Lipinski definition) is 1. The third-order valence-electron chi connectivity index (χ3n) is 4.34.